The summed E-state index contributed by atoms with van der Waals surface area (Å²) in [6.07, 6.45) is -4.48. The summed E-state index contributed by atoms with van der Waals surface area (Å²) in [5.41, 5.74) is -0.810. The third-order valence-electron chi connectivity index (χ3n) is 2.43. The number of halogens is 3. The number of carbonyl (C=O) groups is 1. The Bertz CT molecular complexity index is 599. The predicted molar refractivity (Wildman–Crippen MR) is 54.9 cm³/mol. The number of alkyl halides is 3. The minimum Gasteiger partial charge on any atom is -0.494 e. The third-order valence-corrected chi connectivity index (χ3v) is 2.43. The second kappa shape index (κ2) is 3.51. The fourth-order valence-electron chi connectivity index (χ4n) is 1.69. The molecule has 0 saturated carbocycles. The van der Waals surface area contributed by atoms with Crippen LogP contribution in [-0.2, 0) is 6.18 Å². The lowest BCUT2D eigenvalue weighted by Crippen LogP contribution is -2.07. The van der Waals surface area contributed by atoms with Crippen LogP contribution < -0.4 is 0 Å². The molecule has 0 aliphatic heterocycles. The van der Waals surface area contributed by atoms with Crippen molar-refractivity contribution < 1.29 is 23.1 Å². The van der Waals surface area contributed by atoms with Crippen molar-refractivity contribution in [3.63, 3.8) is 0 Å². The van der Waals surface area contributed by atoms with Gasteiger partial charge in [0.25, 0.3) is 0 Å². The number of hydrogen-bond donors (Lipinski definition) is 1. The number of aromatic hydroxyl groups is 1. The van der Waals surface area contributed by atoms with Crippen molar-refractivity contribution in [2.75, 3.05) is 0 Å². The molecule has 0 saturated heterocycles. The molecule has 0 fully saturated rings. The Labute approximate surface area is 94.1 Å². The molecule has 0 spiro atoms. The maximum Gasteiger partial charge on any atom is 0.416 e. The number of benzene rings is 1. The van der Waals surface area contributed by atoms with Crippen LogP contribution in [0.3, 0.4) is 0 Å². The van der Waals surface area contributed by atoms with Crippen molar-refractivity contribution in [3.8, 4) is 5.88 Å². The molecule has 1 heterocycles. The lowest BCUT2D eigenvalue weighted by molar-refractivity contribution is -0.137. The average molecular weight is 243 g/mol. The molecule has 0 amide bonds. The Morgan fingerprint density at radius 3 is 2.47 bits per heavy atom. The first-order valence-corrected chi connectivity index (χ1v) is 4.73. The molecule has 0 radical (unpaired) electrons. The summed E-state index contributed by atoms with van der Waals surface area (Å²) >= 11 is 0. The predicted octanol–water partition coefficient (Wildman–Crippen LogP) is 3.03. The molecule has 90 valence electrons. The minimum atomic E-state index is -4.48. The molecule has 17 heavy (non-hydrogen) atoms. The molecular formula is C11H8F3NO2. The van der Waals surface area contributed by atoms with Crippen molar-refractivity contribution in [2.24, 2.45) is 0 Å². The van der Waals surface area contributed by atoms with Crippen molar-refractivity contribution in [3.05, 3.63) is 29.8 Å². The van der Waals surface area contributed by atoms with Gasteiger partial charge in [-0.05, 0) is 12.1 Å². The number of aromatic nitrogens is 1. The van der Waals surface area contributed by atoms with Gasteiger partial charge in [0.2, 0.25) is 5.91 Å². The van der Waals surface area contributed by atoms with E-state index in [9.17, 15) is 23.1 Å². The summed E-state index contributed by atoms with van der Waals surface area (Å²) in [5.74, 6) is -0.913. The fraction of sp³-hybridized carbons (Fsp3) is 0.182. The van der Waals surface area contributed by atoms with E-state index in [-0.39, 0.29) is 11.4 Å². The number of nitrogens with zero attached hydrogens (tertiary/aromatic N) is 1. The highest BCUT2D eigenvalue weighted by Crippen LogP contribution is 2.33. The lowest BCUT2D eigenvalue weighted by atomic mass is 10.1. The molecule has 0 atom stereocenters. The van der Waals surface area contributed by atoms with Crippen LogP contribution in [0.2, 0.25) is 0 Å². The topological polar surface area (TPSA) is 42.2 Å². The Balaban J connectivity index is 2.75. The molecular weight excluding hydrogens is 235 g/mol. The zero-order valence-corrected chi connectivity index (χ0v) is 8.75. The summed E-state index contributed by atoms with van der Waals surface area (Å²) in [5, 5.41) is 9.84. The van der Waals surface area contributed by atoms with E-state index in [1.165, 1.54) is 19.1 Å². The molecule has 3 nitrogen and oxygen atoms in total. The van der Waals surface area contributed by atoms with E-state index in [1.807, 2.05) is 0 Å². The van der Waals surface area contributed by atoms with Gasteiger partial charge in [0.15, 0.2) is 5.88 Å². The van der Waals surface area contributed by atoms with Gasteiger partial charge in [0.05, 0.1) is 11.1 Å². The zero-order valence-electron chi connectivity index (χ0n) is 8.75. The molecule has 1 aromatic carbocycles. The first kappa shape index (κ1) is 11.5. The Kier molecular flexibility index (Phi) is 2.38. The van der Waals surface area contributed by atoms with Gasteiger partial charge in [-0.2, -0.15) is 13.2 Å². The van der Waals surface area contributed by atoms with Crippen molar-refractivity contribution >= 4 is 16.8 Å². The van der Waals surface area contributed by atoms with Crippen LogP contribution in [-0.4, -0.2) is 15.6 Å². The first-order valence-electron chi connectivity index (χ1n) is 4.73. The van der Waals surface area contributed by atoms with E-state index in [2.05, 4.69) is 0 Å². The average Bonchev–Trinajstić information content (AvgIpc) is 2.50. The van der Waals surface area contributed by atoms with Crippen LogP contribution in [0.25, 0.3) is 10.9 Å². The molecule has 0 unspecified atom stereocenters. The molecule has 2 rings (SSSR count). The SMILES string of the molecule is CC(=O)n1c(O)cc2ccc(C(F)(F)F)cc21. The second-order valence-electron chi connectivity index (χ2n) is 3.63. The normalized spacial score (nSPS) is 12.0. The third kappa shape index (κ3) is 1.86. The van der Waals surface area contributed by atoms with E-state index in [0.717, 1.165) is 16.7 Å². The molecule has 0 aliphatic carbocycles. The van der Waals surface area contributed by atoms with Gasteiger partial charge in [-0.3, -0.25) is 9.36 Å². The van der Waals surface area contributed by atoms with Crippen LogP contribution >= 0.6 is 0 Å². The van der Waals surface area contributed by atoms with Crippen molar-refractivity contribution in [1.82, 2.24) is 4.57 Å². The van der Waals surface area contributed by atoms with Crippen LogP contribution in [0.15, 0.2) is 24.3 Å². The van der Waals surface area contributed by atoms with E-state index in [0.29, 0.717) is 5.39 Å². The number of fused-ring (bicyclic) bond motifs is 1. The Morgan fingerprint density at radius 1 is 1.29 bits per heavy atom. The van der Waals surface area contributed by atoms with Gasteiger partial charge >= 0.3 is 6.18 Å². The summed E-state index contributed by atoms with van der Waals surface area (Å²) in [7, 11) is 0. The zero-order chi connectivity index (χ0) is 12.8. The minimum absolute atomic E-state index is 0.0461. The molecule has 1 N–H and O–H groups in total. The summed E-state index contributed by atoms with van der Waals surface area (Å²) < 4.78 is 38.3. The highest BCUT2D eigenvalue weighted by atomic mass is 19.4. The number of carbonyl (C=O) groups excluding carboxylic acids is 1. The van der Waals surface area contributed by atoms with E-state index in [4.69, 9.17) is 0 Å². The largest absolute Gasteiger partial charge is 0.494 e. The van der Waals surface area contributed by atoms with Gasteiger partial charge < -0.3 is 5.11 Å². The van der Waals surface area contributed by atoms with Crippen LogP contribution in [0, 0.1) is 0 Å². The standard InChI is InChI=1S/C11H8F3NO2/c1-6(16)15-9-5-8(11(12,13)14)3-2-7(9)4-10(15)17/h2-5,17H,1H3. The van der Waals surface area contributed by atoms with Crippen LogP contribution in [0.1, 0.15) is 17.3 Å². The van der Waals surface area contributed by atoms with E-state index >= 15 is 0 Å². The maximum absolute atomic E-state index is 12.5. The van der Waals surface area contributed by atoms with Gasteiger partial charge in [-0.15, -0.1) is 0 Å². The van der Waals surface area contributed by atoms with Crippen LogP contribution in [0.5, 0.6) is 5.88 Å². The molecule has 0 bridgehead atoms. The Hall–Kier alpha value is -1.98. The summed E-state index contributed by atoms with van der Waals surface area (Å²) in [4.78, 5) is 11.2. The fourth-order valence-corrected chi connectivity index (χ4v) is 1.69. The van der Waals surface area contributed by atoms with Crippen molar-refractivity contribution in [1.29, 1.82) is 0 Å². The van der Waals surface area contributed by atoms with Gasteiger partial charge in [-0.25, -0.2) is 0 Å². The Morgan fingerprint density at radius 2 is 1.94 bits per heavy atom. The summed E-state index contributed by atoms with van der Waals surface area (Å²) in [6.45, 7) is 1.17. The van der Waals surface area contributed by atoms with Crippen LogP contribution in [0.4, 0.5) is 13.2 Å². The lowest BCUT2D eigenvalue weighted by Gasteiger charge is -2.07. The smallest absolute Gasteiger partial charge is 0.416 e. The number of hydrogen-bond acceptors (Lipinski definition) is 2. The molecule has 6 heteroatoms. The molecule has 1 aromatic heterocycles. The van der Waals surface area contributed by atoms with Gasteiger partial charge in [0.1, 0.15) is 0 Å². The monoisotopic (exact) mass is 243 g/mol. The maximum atomic E-state index is 12.5. The van der Waals surface area contributed by atoms with Gasteiger partial charge in [0, 0.05) is 18.4 Å². The highest BCUT2D eigenvalue weighted by Gasteiger charge is 2.31. The van der Waals surface area contributed by atoms with E-state index in [1.54, 1.807) is 0 Å². The van der Waals surface area contributed by atoms with Gasteiger partial charge in [-0.1, -0.05) is 6.07 Å². The summed E-state index contributed by atoms with van der Waals surface area (Å²) in [6, 6.07) is 4.22. The molecule has 0 aliphatic rings. The molecule has 2 aromatic rings. The second-order valence-corrected chi connectivity index (χ2v) is 3.63. The first-order chi connectivity index (χ1) is 7.80. The number of rotatable bonds is 0. The van der Waals surface area contributed by atoms with Crippen molar-refractivity contribution in [2.45, 2.75) is 13.1 Å². The quantitative estimate of drug-likeness (QED) is 0.772. The van der Waals surface area contributed by atoms with E-state index < -0.39 is 17.6 Å². The highest BCUT2D eigenvalue weighted by molar-refractivity contribution is 5.94.